The van der Waals surface area contributed by atoms with Crippen molar-refractivity contribution < 1.29 is 19.1 Å². The Kier molecular flexibility index (Phi) is 6.68. The smallest absolute Gasteiger partial charge is 0.409 e. The third-order valence-corrected chi connectivity index (χ3v) is 4.14. The molecule has 28 heavy (non-hydrogen) atoms. The van der Waals surface area contributed by atoms with Crippen molar-refractivity contribution in [3.8, 4) is 0 Å². The third kappa shape index (κ3) is 5.13. The van der Waals surface area contributed by atoms with Gasteiger partial charge in [0.15, 0.2) is 0 Å². The molecule has 2 aromatic heterocycles. The summed E-state index contributed by atoms with van der Waals surface area (Å²) in [6.45, 7) is 2.73. The molecule has 0 saturated carbocycles. The molecule has 2 amide bonds. The second-order valence-corrected chi connectivity index (χ2v) is 6.01. The van der Waals surface area contributed by atoms with Gasteiger partial charge in [-0.25, -0.2) is 14.8 Å². The molecule has 1 N–H and O–H groups in total. The van der Waals surface area contributed by atoms with Gasteiger partial charge < -0.3 is 24.6 Å². The van der Waals surface area contributed by atoms with Gasteiger partial charge in [0, 0.05) is 39.5 Å². The van der Waals surface area contributed by atoms with Gasteiger partial charge >= 0.3 is 6.09 Å². The number of hydrogen-bond acceptors (Lipinski definition) is 8. The lowest BCUT2D eigenvalue weighted by molar-refractivity contribution is 0.0705. The molecule has 0 unspecified atom stereocenters. The number of rotatable bonds is 6. The summed E-state index contributed by atoms with van der Waals surface area (Å²) >= 11 is 0. The lowest BCUT2D eigenvalue weighted by atomic mass is 10.3. The molecule has 1 aliphatic heterocycles. The molecule has 0 radical (unpaired) electrons. The van der Waals surface area contributed by atoms with E-state index in [0.29, 0.717) is 44.4 Å². The van der Waals surface area contributed by atoms with Crippen LogP contribution in [-0.4, -0.2) is 78.4 Å². The summed E-state index contributed by atoms with van der Waals surface area (Å²) < 4.78 is 9.99. The molecule has 0 bridgehead atoms. The highest BCUT2D eigenvalue weighted by Gasteiger charge is 2.23. The highest BCUT2D eigenvalue weighted by molar-refractivity contribution is 6.02. The zero-order valence-electron chi connectivity index (χ0n) is 15.6. The standard InChI is InChI=1S/C18H22N6O4/c1-27-10-11-28-18(26)24-8-6-23(7-9-24)16-13-19-12-14(21-16)17(25)22-15-4-2-3-5-20-15/h2-5,12-13H,6-11H2,1H3,(H,20,22,25). The molecule has 10 nitrogen and oxygen atoms in total. The molecule has 10 heteroatoms. The first-order valence-electron chi connectivity index (χ1n) is 8.87. The van der Waals surface area contributed by atoms with E-state index in [1.807, 2.05) is 4.90 Å². The van der Waals surface area contributed by atoms with Crippen LogP contribution in [0.15, 0.2) is 36.8 Å². The minimum atomic E-state index is -0.381. The first kappa shape index (κ1) is 19.5. The fourth-order valence-electron chi connectivity index (χ4n) is 2.66. The van der Waals surface area contributed by atoms with Crippen LogP contribution in [0.3, 0.4) is 0 Å². The van der Waals surface area contributed by atoms with E-state index in [1.165, 1.54) is 6.20 Å². The summed E-state index contributed by atoms with van der Waals surface area (Å²) in [5.74, 6) is 0.648. The van der Waals surface area contributed by atoms with Gasteiger partial charge in [0.1, 0.15) is 23.9 Å². The first-order valence-corrected chi connectivity index (χ1v) is 8.87. The molecule has 1 aliphatic rings. The lowest BCUT2D eigenvalue weighted by Gasteiger charge is -2.34. The number of anilines is 2. The zero-order chi connectivity index (χ0) is 19.8. The maximum atomic E-state index is 12.4. The highest BCUT2D eigenvalue weighted by Crippen LogP contribution is 2.14. The van der Waals surface area contributed by atoms with Crippen molar-refractivity contribution in [2.75, 3.05) is 56.7 Å². The van der Waals surface area contributed by atoms with Crippen LogP contribution >= 0.6 is 0 Å². The van der Waals surface area contributed by atoms with Crippen LogP contribution in [0.25, 0.3) is 0 Å². The number of amides is 2. The van der Waals surface area contributed by atoms with Gasteiger partial charge in [0.05, 0.1) is 19.0 Å². The van der Waals surface area contributed by atoms with Crippen LogP contribution in [0, 0.1) is 0 Å². The van der Waals surface area contributed by atoms with E-state index in [-0.39, 0.29) is 24.3 Å². The van der Waals surface area contributed by atoms with Crippen LogP contribution in [-0.2, 0) is 9.47 Å². The van der Waals surface area contributed by atoms with E-state index in [4.69, 9.17) is 9.47 Å². The fraction of sp³-hybridized carbons (Fsp3) is 0.389. The number of nitrogens with zero attached hydrogens (tertiary/aromatic N) is 5. The average molecular weight is 386 g/mol. The van der Waals surface area contributed by atoms with E-state index >= 15 is 0 Å². The van der Waals surface area contributed by atoms with E-state index in [0.717, 1.165) is 0 Å². The summed E-state index contributed by atoms with van der Waals surface area (Å²) in [6.07, 6.45) is 4.25. The number of ether oxygens (including phenoxy) is 2. The van der Waals surface area contributed by atoms with Crippen molar-refractivity contribution >= 4 is 23.6 Å². The molecular formula is C18H22N6O4. The second kappa shape index (κ2) is 9.60. The summed E-state index contributed by atoms with van der Waals surface area (Å²) in [6, 6.07) is 5.24. The molecule has 0 aliphatic carbocycles. The van der Waals surface area contributed by atoms with Crippen molar-refractivity contribution in [3.05, 3.63) is 42.5 Å². The monoisotopic (exact) mass is 386 g/mol. The molecule has 1 fully saturated rings. The number of piperazine rings is 1. The number of carbonyl (C=O) groups is 2. The van der Waals surface area contributed by atoms with Gasteiger partial charge in [0.25, 0.3) is 5.91 Å². The largest absolute Gasteiger partial charge is 0.447 e. The normalized spacial score (nSPS) is 13.9. The number of pyridine rings is 1. The Morgan fingerprint density at radius 2 is 1.96 bits per heavy atom. The minimum absolute atomic E-state index is 0.199. The van der Waals surface area contributed by atoms with Crippen LogP contribution in [0.5, 0.6) is 0 Å². The van der Waals surface area contributed by atoms with Crippen LogP contribution in [0.4, 0.5) is 16.4 Å². The Balaban J connectivity index is 1.56. The maximum Gasteiger partial charge on any atom is 0.409 e. The molecule has 0 aromatic carbocycles. The predicted molar refractivity (Wildman–Crippen MR) is 101 cm³/mol. The van der Waals surface area contributed by atoms with E-state index in [2.05, 4.69) is 20.3 Å². The van der Waals surface area contributed by atoms with Gasteiger partial charge in [-0.05, 0) is 12.1 Å². The minimum Gasteiger partial charge on any atom is -0.447 e. The molecule has 148 valence electrons. The second-order valence-electron chi connectivity index (χ2n) is 6.01. The number of carbonyl (C=O) groups excluding carboxylic acids is 2. The zero-order valence-corrected chi connectivity index (χ0v) is 15.6. The number of nitrogens with one attached hydrogen (secondary N) is 1. The number of aromatic nitrogens is 3. The Hall–Kier alpha value is -3.27. The summed E-state index contributed by atoms with van der Waals surface area (Å²) in [7, 11) is 1.55. The van der Waals surface area contributed by atoms with E-state index in [1.54, 1.807) is 42.6 Å². The van der Waals surface area contributed by atoms with Gasteiger partial charge in [-0.3, -0.25) is 9.78 Å². The summed E-state index contributed by atoms with van der Waals surface area (Å²) in [5, 5.41) is 2.68. The van der Waals surface area contributed by atoms with Gasteiger partial charge in [-0.1, -0.05) is 6.07 Å². The quantitative estimate of drug-likeness (QED) is 0.733. The van der Waals surface area contributed by atoms with E-state index < -0.39 is 0 Å². The Labute approximate surface area is 162 Å². The molecule has 3 heterocycles. The Morgan fingerprint density at radius 3 is 2.68 bits per heavy atom. The highest BCUT2D eigenvalue weighted by atomic mass is 16.6. The Morgan fingerprint density at radius 1 is 1.14 bits per heavy atom. The molecule has 2 aromatic rings. The summed E-state index contributed by atoms with van der Waals surface area (Å²) in [4.78, 5) is 40.5. The van der Waals surface area contributed by atoms with Crippen molar-refractivity contribution in [2.24, 2.45) is 0 Å². The molecular weight excluding hydrogens is 364 g/mol. The number of hydrogen-bond donors (Lipinski definition) is 1. The molecule has 0 atom stereocenters. The average Bonchev–Trinajstić information content (AvgIpc) is 2.75. The van der Waals surface area contributed by atoms with Gasteiger partial charge in [-0.2, -0.15) is 0 Å². The van der Waals surface area contributed by atoms with Crippen molar-refractivity contribution in [3.63, 3.8) is 0 Å². The SMILES string of the molecule is COCCOC(=O)N1CCN(c2cncc(C(=O)Nc3ccccn3)n2)CC1. The van der Waals surface area contributed by atoms with Crippen LogP contribution in [0.1, 0.15) is 10.5 Å². The lowest BCUT2D eigenvalue weighted by Crippen LogP contribution is -2.49. The van der Waals surface area contributed by atoms with Gasteiger partial charge in [-0.15, -0.1) is 0 Å². The topological polar surface area (TPSA) is 110 Å². The molecule has 0 spiro atoms. The Bertz CT molecular complexity index is 796. The van der Waals surface area contributed by atoms with Crippen molar-refractivity contribution in [2.45, 2.75) is 0 Å². The predicted octanol–water partition coefficient (Wildman–Crippen LogP) is 1.03. The number of methoxy groups -OCH3 is 1. The molecule has 3 rings (SSSR count). The van der Waals surface area contributed by atoms with Gasteiger partial charge in [0.2, 0.25) is 0 Å². The first-order chi connectivity index (χ1) is 13.7. The van der Waals surface area contributed by atoms with Crippen LogP contribution < -0.4 is 10.2 Å². The van der Waals surface area contributed by atoms with E-state index in [9.17, 15) is 9.59 Å². The van der Waals surface area contributed by atoms with Crippen molar-refractivity contribution in [1.29, 1.82) is 0 Å². The maximum absolute atomic E-state index is 12.4. The molecule has 1 saturated heterocycles. The third-order valence-electron chi connectivity index (χ3n) is 4.14. The fourth-order valence-corrected chi connectivity index (χ4v) is 2.66. The van der Waals surface area contributed by atoms with Crippen LogP contribution in [0.2, 0.25) is 0 Å². The summed E-state index contributed by atoms with van der Waals surface area (Å²) in [5.41, 5.74) is 0.199. The van der Waals surface area contributed by atoms with Crippen molar-refractivity contribution in [1.82, 2.24) is 19.9 Å².